The molecule has 0 radical (unpaired) electrons. The van der Waals surface area contributed by atoms with Gasteiger partial charge in [0.2, 0.25) is 0 Å². The largest absolute Gasteiger partial charge is 0.476 e. The van der Waals surface area contributed by atoms with Gasteiger partial charge < -0.3 is 5.11 Å². The number of carbonyl (C=O) groups is 1. The predicted molar refractivity (Wildman–Crippen MR) is 66.9 cm³/mol. The van der Waals surface area contributed by atoms with Gasteiger partial charge in [-0.25, -0.2) is 9.48 Å². The average Bonchev–Trinajstić information content (AvgIpc) is 2.71. The third-order valence-corrected chi connectivity index (χ3v) is 2.89. The molecular weight excluding hydrogens is 274 g/mol. The van der Waals surface area contributed by atoms with Crippen molar-refractivity contribution in [2.75, 3.05) is 0 Å². The first-order valence-electron chi connectivity index (χ1n) is 5.14. The van der Waals surface area contributed by atoms with Crippen molar-refractivity contribution >= 4 is 23.3 Å². The summed E-state index contributed by atoms with van der Waals surface area (Å²) >= 11 is 5.93. The van der Waals surface area contributed by atoms with Gasteiger partial charge in [0.15, 0.2) is 5.69 Å². The zero-order chi connectivity index (χ0) is 14.2. The zero-order valence-corrected chi connectivity index (χ0v) is 10.5. The number of nitrogens with zero attached hydrogens (tertiary/aromatic N) is 3. The van der Waals surface area contributed by atoms with Crippen LogP contribution in [0.25, 0.3) is 5.69 Å². The molecule has 8 heteroatoms. The number of hydrogen-bond acceptors (Lipinski definition) is 4. The molecule has 1 N–H and O–H groups in total. The Morgan fingerprint density at radius 1 is 1.53 bits per heavy atom. The first-order chi connectivity index (χ1) is 8.91. The minimum Gasteiger partial charge on any atom is -0.476 e. The normalized spacial score (nSPS) is 10.4. The van der Waals surface area contributed by atoms with Crippen LogP contribution in [0.4, 0.5) is 5.69 Å². The minimum absolute atomic E-state index is 0.0908. The Hall–Kier alpha value is -2.41. The summed E-state index contributed by atoms with van der Waals surface area (Å²) in [6.45, 7) is 1.58. The Balaban J connectivity index is 2.60. The van der Waals surface area contributed by atoms with Crippen LogP contribution in [0.1, 0.15) is 16.1 Å². The van der Waals surface area contributed by atoms with E-state index in [1.807, 2.05) is 0 Å². The van der Waals surface area contributed by atoms with Crippen molar-refractivity contribution in [2.45, 2.75) is 6.92 Å². The van der Waals surface area contributed by atoms with Gasteiger partial charge in [-0.05, 0) is 13.0 Å². The number of aromatic carboxylic acids is 1. The summed E-state index contributed by atoms with van der Waals surface area (Å²) in [4.78, 5) is 21.1. The summed E-state index contributed by atoms with van der Waals surface area (Å²) in [6, 6.07) is 4.24. The molecule has 0 amide bonds. The third kappa shape index (κ3) is 2.27. The maximum Gasteiger partial charge on any atom is 0.356 e. The molecule has 0 aliphatic heterocycles. The molecule has 0 fully saturated rings. The first-order valence-corrected chi connectivity index (χ1v) is 5.52. The van der Waals surface area contributed by atoms with E-state index in [0.717, 1.165) is 0 Å². The van der Waals surface area contributed by atoms with Crippen LogP contribution in [-0.4, -0.2) is 25.8 Å². The summed E-state index contributed by atoms with van der Waals surface area (Å²) in [6.07, 6.45) is 1.45. The number of carboxylic acids is 1. The number of carboxylic acid groups (broad SMARTS) is 1. The highest BCUT2D eigenvalue weighted by Gasteiger charge is 2.19. The van der Waals surface area contributed by atoms with Gasteiger partial charge >= 0.3 is 5.97 Å². The lowest BCUT2D eigenvalue weighted by atomic mass is 10.2. The number of nitro benzene ring substituents is 1. The maximum absolute atomic E-state index is 10.9. The molecule has 0 bridgehead atoms. The van der Waals surface area contributed by atoms with Gasteiger partial charge in [-0.3, -0.25) is 10.1 Å². The Morgan fingerprint density at radius 3 is 2.74 bits per heavy atom. The molecule has 0 saturated heterocycles. The molecule has 1 heterocycles. The number of rotatable bonds is 3. The lowest BCUT2D eigenvalue weighted by Crippen LogP contribution is -2.03. The highest BCUT2D eigenvalue weighted by atomic mass is 35.5. The lowest BCUT2D eigenvalue weighted by molar-refractivity contribution is -0.384. The number of aryl methyl sites for hydroxylation is 1. The van der Waals surface area contributed by atoms with E-state index >= 15 is 0 Å². The summed E-state index contributed by atoms with van der Waals surface area (Å²) in [5, 5.41) is 23.5. The van der Waals surface area contributed by atoms with Crippen molar-refractivity contribution in [3.63, 3.8) is 0 Å². The lowest BCUT2D eigenvalue weighted by Gasteiger charge is -2.04. The van der Waals surface area contributed by atoms with Crippen molar-refractivity contribution < 1.29 is 14.8 Å². The molecule has 1 aromatic carbocycles. The molecular formula is C11H8ClN3O4. The van der Waals surface area contributed by atoms with Crippen LogP contribution < -0.4 is 0 Å². The van der Waals surface area contributed by atoms with Crippen molar-refractivity contribution in [3.8, 4) is 5.69 Å². The van der Waals surface area contributed by atoms with Gasteiger partial charge in [0, 0.05) is 17.8 Å². The highest BCUT2D eigenvalue weighted by Crippen LogP contribution is 2.30. The quantitative estimate of drug-likeness (QED) is 0.688. The Kier molecular flexibility index (Phi) is 3.22. The second kappa shape index (κ2) is 4.69. The molecule has 19 heavy (non-hydrogen) atoms. The predicted octanol–water partition coefficient (Wildman–Crippen LogP) is 2.44. The fourth-order valence-electron chi connectivity index (χ4n) is 1.62. The van der Waals surface area contributed by atoms with Crippen molar-refractivity contribution in [2.24, 2.45) is 0 Å². The Morgan fingerprint density at radius 2 is 2.21 bits per heavy atom. The van der Waals surface area contributed by atoms with Crippen molar-refractivity contribution in [1.29, 1.82) is 0 Å². The smallest absolute Gasteiger partial charge is 0.356 e. The average molecular weight is 282 g/mol. The number of halogens is 1. The Bertz CT molecular complexity index is 681. The standard InChI is InChI=1S/C11H8ClN3O4/c1-6-5-14(13-10(6)11(16)17)7-3-2-4-8(9(7)12)15(18)19/h2-5H,1H3,(H,16,17). The van der Waals surface area contributed by atoms with Gasteiger partial charge in [-0.2, -0.15) is 5.10 Å². The highest BCUT2D eigenvalue weighted by molar-refractivity contribution is 6.34. The van der Waals surface area contributed by atoms with Crippen LogP contribution in [-0.2, 0) is 0 Å². The molecule has 2 aromatic rings. The van der Waals surface area contributed by atoms with Crippen LogP contribution >= 0.6 is 11.6 Å². The van der Waals surface area contributed by atoms with E-state index in [4.69, 9.17) is 16.7 Å². The Labute approximate surface area is 112 Å². The molecule has 0 unspecified atom stereocenters. The minimum atomic E-state index is -1.17. The van der Waals surface area contributed by atoms with Crippen LogP contribution in [0.3, 0.4) is 0 Å². The van der Waals surface area contributed by atoms with E-state index < -0.39 is 10.9 Å². The number of aromatic nitrogens is 2. The topological polar surface area (TPSA) is 98.3 Å². The molecule has 7 nitrogen and oxygen atoms in total. The van der Waals surface area contributed by atoms with E-state index in [2.05, 4.69) is 5.10 Å². The summed E-state index contributed by atoms with van der Waals surface area (Å²) in [5.74, 6) is -1.17. The molecule has 0 aliphatic carbocycles. The van der Waals surface area contributed by atoms with Gasteiger partial charge in [0.25, 0.3) is 5.69 Å². The van der Waals surface area contributed by atoms with Gasteiger partial charge in [-0.15, -0.1) is 0 Å². The molecule has 2 rings (SSSR count). The van der Waals surface area contributed by atoms with E-state index in [9.17, 15) is 14.9 Å². The van der Waals surface area contributed by atoms with E-state index in [0.29, 0.717) is 5.56 Å². The van der Waals surface area contributed by atoms with E-state index in [1.54, 1.807) is 6.92 Å². The van der Waals surface area contributed by atoms with Crippen LogP contribution in [0, 0.1) is 17.0 Å². The third-order valence-electron chi connectivity index (χ3n) is 2.50. The number of benzene rings is 1. The molecule has 1 aromatic heterocycles. The monoisotopic (exact) mass is 281 g/mol. The second-order valence-electron chi connectivity index (χ2n) is 3.78. The zero-order valence-electron chi connectivity index (χ0n) is 9.70. The maximum atomic E-state index is 10.9. The van der Waals surface area contributed by atoms with Crippen molar-refractivity contribution in [3.05, 3.63) is 50.8 Å². The SMILES string of the molecule is Cc1cn(-c2cccc([N+](=O)[O-])c2Cl)nc1C(=O)O. The molecule has 0 spiro atoms. The molecule has 98 valence electrons. The number of hydrogen-bond donors (Lipinski definition) is 1. The van der Waals surface area contributed by atoms with Crippen LogP contribution in [0.5, 0.6) is 0 Å². The molecule has 0 saturated carbocycles. The molecule has 0 aliphatic rings. The van der Waals surface area contributed by atoms with Gasteiger partial charge in [-0.1, -0.05) is 17.7 Å². The van der Waals surface area contributed by atoms with E-state index in [1.165, 1.54) is 29.1 Å². The van der Waals surface area contributed by atoms with Crippen LogP contribution in [0.15, 0.2) is 24.4 Å². The fourth-order valence-corrected chi connectivity index (χ4v) is 1.90. The first kappa shape index (κ1) is 13.0. The van der Waals surface area contributed by atoms with E-state index in [-0.39, 0.29) is 22.1 Å². The van der Waals surface area contributed by atoms with Gasteiger partial charge in [0.1, 0.15) is 5.02 Å². The van der Waals surface area contributed by atoms with Gasteiger partial charge in [0.05, 0.1) is 10.6 Å². The number of nitro groups is 1. The molecule has 0 atom stereocenters. The van der Waals surface area contributed by atoms with Crippen molar-refractivity contribution in [1.82, 2.24) is 9.78 Å². The summed E-state index contributed by atoms with van der Waals surface area (Å²) < 4.78 is 1.22. The van der Waals surface area contributed by atoms with Crippen LogP contribution in [0.2, 0.25) is 5.02 Å². The fraction of sp³-hybridized carbons (Fsp3) is 0.0909. The summed E-state index contributed by atoms with van der Waals surface area (Å²) in [7, 11) is 0. The second-order valence-corrected chi connectivity index (χ2v) is 4.16. The summed E-state index contributed by atoms with van der Waals surface area (Å²) in [5.41, 5.74) is 0.313.